The van der Waals surface area contributed by atoms with Crippen molar-refractivity contribution in [3.05, 3.63) is 35.4 Å². The summed E-state index contributed by atoms with van der Waals surface area (Å²) < 4.78 is 15.2. The summed E-state index contributed by atoms with van der Waals surface area (Å²) in [4.78, 5) is 24.5. The van der Waals surface area contributed by atoms with E-state index in [0.717, 1.165) is 24.3 Å². The number of carbonyl (C=O) groups is 2. The van der Waals surface area contributed by atoms with E-state index in [1.165, 1.54) is 0 Å². The molecule has 0 radical (unpaired) electrons. The third kappa shape index (κ3) is 4.95. The molecule has 0 aliphatic carbocycles. The van der Waals surface area contributed by atoms with Gasteiger partial charge in [0.25, 0.3) is 0 Å². The molecule has 0 saturated carbocycles. The normalized spacial score (nSPS) is 22.5. The molecule has 1 heterocycles. The van der Waals surface area contributed by atoms with Gasteiger partial charge in [-0.15, -0.1) is 0 Å². The molecule has 1 aliphatic heterocycles. The van der Waals surface area contributed by atoms with Crippen LogP contribution in [0.2, 0.25) is 0 Å². The molecule has 13 nitrogen and oxygen atoms in total. The Hall–Kier alpha value is -3.94. The monoisotopic (exact) mass is 468 g/mol. The van der Waals surface area contributed by atoms with Gasteiger partial charge in [0.15, 0.2) is 40.6 Å². The Morgan fingerprint density at radius 3 is 1.76 bits per heavy atom. The molecule has 4 unspecified atom stereocenters. The molecule has 2 aromatic rings. The number of aliphatic hydroxyl groups is 2. The highest BCUT2D eigenvalue weighted by Crippen LogP contribution is 2.36. The van der Waals surface area contributed by atoms with Crippen LogP contribution < -0.4 is 0 Å². The van der Waals surface area contributed by atoms with Crippen LogP contribution in [0.4, 0.5) is 0 Å². The summed E-state index contributed by atoms with van der Waals surface area (Å²) in [5.74, 6) is -7.02. The number of aromatic hydroxyl groups is 6. The number of rotatable bonds is 5. The van der Waals surface area contributed by atoms with E-state index in [1.54, 1.807) is 0 Å². The summed E-state index contributed by atoms with van der Waals surface area (Å²) in [6.07, 6.45) is -5.95. The molecule has 1 aliphatic rings. The quantitative estimate of drug-likeness (QED) is 0.203. The van der Waals surface area contributed by atoms with Crippen molar-refractivity contribution < 1.29 is 64.7 Å². The van der Waals surface area contributed by atoms with Gasteiger partial charge in [-0.3, -0.25) is 0 Å². The van der Waals surface area contributed by atoms with Crippen molar-refractivity contribution in [1.29, 1.82) is 0 Å². The van der Waals surface area contributed by atoms with Crippen molar-refractivity contribution in [2.45, 2.75) is 24.4 Å². The SMILES string of the molecule is O=C(OCC1OCC(O)C(OC(=O)c2cc(O)c(O)c(O)c2)C1O)c1cc(O)c(O)c(O)c1. The summed E-state index contributed by atoms with van der Waals surface area (Å²) in [5.41, 5.74) is -0.702. The third-order valence-corrected chi connectivity index (χ3v) is 4.81. The Bertz CT molecular complexity index is 1020. The highest BCUT2D eigenvalue weighted by Gasteiger charge is 2.42. The van der Waals surface area contributed by atoms with Crippen molar-refractivity contribution in [2.24, 2.45) is 0 Å². The second-order valence-electron chi connectivity index (χ2n) is 7.12. The Labute approximate surface area is 184 Å². The number of aliphatic hydroxyl groups excluding tert-OH is 2. The molecule has 1 fully saturated rings. The van der Waals surface area contributed by atoms with Gasteiger partial charge in [-0.05, 0) is 24.3 Å². The van der Waals surface area contributed by atoms with Gasteiger partial charge >= 0.3 is 11.9 Å². The van der Waals surface area contributed by atoms with Gasteiger partial charge in [0.05, 0.1) is 17.7 Å². The smallest absolute Gasteiger partial charge is 0.338 e. The predicted molar refractivity (Wildman–Crippen MR) is 104 cm³/mol. The van der Waals surface area contributed by atoms with Crippen molar-refractivity contribution >= 4 is 11.9 Å². The number of phenolic OH excluding ortho intramolecular Hbond substituents is 6. The summed E-state index contributed by atoms with van der Waals surface area (Å²) in [6, 6.07) is 3.28. The summed E-state index contributed by atoms with van der Waals surface area (Å²) >= 11 is 0. The summed E-state index contributed by atoms with van der Waals surface area (Å²) in [5, 5.41) is 77.2. The van der Waals surface area contributed by atoms with Gasteiger partial charge in [-0.25, -0.2) is 9.59 Å². The van der Waals surface area contributed by atoms with Gasteiger partial charge in [0.2, 0.25) is 0 Å². The zero-order valence-electron chi connectivity index (χ0n) is 16.7. The van der Waals surface area contributed by atoms with Crippen LogP contribution in [-0.2, 0) is 14.2 Å². The fourth-order valence-electron chi connectivity index (χ4n) is 3.03. The van der Waals surface area contributed by atoms with Crippen LogP contribution in [0.25, 0.3) is 0 Å². The zero-order valence-corrected chi connectivity index (χ0v) is 16.7. The zero-order chi connectivity index (χ0) is 24.4. The lowest BCUT2D eigenvalue weighted by atomic mass is 10.00. The standard InChI is InChI=1S/C20H20O13/c21-9-1-7(2-10(22)15(9)26)19(29)32-6-14-17(28)18(13(25)5-31-14)33-20(30)8-3-11(23)16(27)12(24)4-8/h1-4,13-14,17-18,21-28H,5-6H2. The Balaban J connectivity index is 1.66. The van der Waals surface area contributed by atoms with E-state index in [0.29, 0.717) is 0 Å². The van der Waals surface area contributed by atoms with Gasteiger partial charge < -0.3 is 55.1 Å². The number of carbonyl (C=O) groups excluding carboxylic acids is 2. The largest absolute Gasteiger partial charge is 0.504 e. The van der Waals surface area contributed by atoms with E-state index in [9.17, 15) is 50.4 Å². The molecule has 13 heteroatoms. The van der Waals surface area contributed by atoms with Gasteiger partial charge in [-0.2, -0.15) is 0 Å². The fourth-order valence-corrected chi connectivity index (χ4v) is 3.03. The molecule has 8 N–H and O–H groups in total. The van der Waals surface area contributed by atoms with E-state index in [4.69, 9.17) is 14.2 Å². The summed E-state index contributed by atoms with van der Waals surface area (Å²) in [7, 11) is 0. The van der Waals surface area contributed by atoms with Crippen molar-refractivity contribution in [2.75, 3.05) is 13.2 Å². The fraction of sp³-hybridized carbons (Fsp3) is 0.300. The number of benzene rings is 2. The molecule has 0 spiro atoms. The molecule has 3 rings (SSSR count). The summed E-state index contributed by atoms with van der Waals surface area (Å²) in [6.45, 7) is -0.992. The lowest BCUT2D eigenvalue weighted by Gasteiger charge is -2.37. The molecule has 1 saturated heterocycles. The number of esters is 2. The average Bonchev–Trinajstić information content (AvgIpc) is 2.76. The molecular formula is C20H20O13. The maximum absolute atomic E-state index is 12.3. The molecule has 0 bridgehead atoms. The lowest BCUT2D eigenvalue weighted by Crippen LogP contribution is -2.56. The van der Waals surface area contributed by atoms with Gasteiger partial charge in [0.1, 0.15) is 24.9 Å². The van der Waals surface area contributed by atoms with Crippen LogP contribution in [0.1, 0.15) is 20.7 Å². The highest BCUT2D eigenvalue weighted by molar-refractivity contribution is 5.91. The number of hydrogen-bond donors (Lipinski definition) is 8. The lowest BCUT2D eigenvalue weighted by molar-refractivity contribution is -0.196. The minimum Gasteiger partial charge on any atom is -0.504 e. The van der Waals surface area contributed by atoms with Crippen LogP contribution in [0.5, 0.6) is 34.5 Å². The minimum atomic E-state index is -1.67. The first-order valence-corrected chi connectivity index (χ1v) is 9.35. The van der Waals surface area contributed by atoms with E-state index >= 15 is 0 Å². The molecule has 33 heavy (non-hydrogen) atoms. The van der Waals surface area contributed by atoms with Crippen molar-refractivity contribution in [3.63, 3.8) is 0 Å². The highest BCUT2D eigenvalue weighted by atomic mass is 16.6. The van der Waals surface area contributed by atoms with Crippen molar-refractivity contribution in [3.8, 4) is 34.5 Å². The number of ether oxygens (including phenoxy) is 3. The molecule has 0 amide bonds. The van der Waals surface area contributed by atoms with Crippen LogP contribution in [-0.4, -0.2) is 90.4 Å². The van der Waals surface area contributed by atoms with Gasteiger partial charge in [-0.1, -0.05) is 0 Å². The second kappa shape index (κ2) is 9.28. The Morgan fingerprint density at radius 1 is 0.818 bits per heavy atom. The van der Waals surface area contributed by atoms with Gasteiger partial charge in [0, 0.05) is 0 Å². The molecule has 4 atom stereocenters. The Morgan fingerprint density at radius 2 is 1.27 bits per heavy atom. The van der Waals surface area contributed by atoms with Crippen LogP contribution >= 0.6 is 0 Å². The molecule has 0 aromatic heterocycles. The first-order chi connectivity index (χ1) is 15.5. The van der Waals surface area contributed by atoms with E-state index in [2.05, 4.69) is 0 Å². The van der Waals surface area contributed by atoms with Crippen LogP contribution in [0, 0.1) is 0 Å². The maximum atomic E-state index is 12.3. The van der Waals surface area contributed by atoms with Crippen LogP contribution in [0.3, 0.4) is 0 Å². The number of hydrogen-bond acceptors (Lipinski definition) is 13. The third-order valence-electron chi connectivity index (χ3n) is 4.81. The first kappa shape index (κ1) is 23.7. The van der Waals surface area contributed by atoms with Crippen molar-refractivity contribution in [1.82, 2.24) is 0 Å². The van der Waals surface area contributed by atoms with E-state index in [1.807, 2.05) is 0 Å². The minimum absolute atomic E-state index is 0.317. The molecule has 178 valence electrons. The van der Waals surface area contributed by atoms with Crippen LogP contribution in [0.15, 0.2) is 24.3 Å². The van der Waals surface area contributed by atoms with E-state index < -0.39 is 84.1 Å². The second-order valence-corrected chi connectivity index (χ2v) is 7.12. The predicted octanol–water partition coefficient (Wildman–Crippen LogP) is -0.577. The topological polar surface area (TPSA) is 224 Å². The maximum Gasteiger partial charge on any atom is 0.338 e. The number of phenols is 6. The Kier molecular flexibility index (Phi) is 6.67. The first-order valence-electron chi connectivity index (χ1n) is 9.35. The molecule has 2 aromatic carbocycles. The molecular weight excluding hydrogens is 448 g/mol. The average molecular weight is 468 g/mol. The van der Waals surface area contributed by atoms with E-state index in [-0.39, 0.29) is 11.1 Å².